The molecule has 3 aromatic rings. The van der Waals surface area contributed by atoms with Crippen LogP contribution in [0.5, 0.6) is 11.5 Å². The van der Waals surface area contributed by atoms with Crippen LogP contribution in [0.4, 0.5) is 13.2 Å². The van der Waals surface area contributed by atoms with Crippen molar-refractivity contribution in [3.8, 4) is 11.5 Å². The maximum absolute atomic E-state index is 13.1. The van der Waals surface area contributed by atoms with Crippen molar-refractivity contribution in [3.63, 3.8) is 0 Å². The Labute approximate surface area is 214 Å². The van der Waals surface area contributed by atoms with Gasteiger partial charge in [0.15, 0.2) is 0 Å². The summed E-state index contributed by atoms with van der Waals surface area (Å²) in [7, 11) is 3.52. The van der Waals surface area contributed by atoms with Crippen LogP contribution in [0.15, 0.2) is 60.9 Å². The number of ether oxygens (including phenoxy) is 2. The van der Waals surface area contributed by atoms with E-state index in [0.717, 1.165) is 29.3 Å². The number of halogens is 3. The van der Waals surface area contributed by atoms with Gasteiger partial charge in [-0.15, -0.1) is 0 Å². The van der Waals surface area contributed by atoms with Crippen LogP contribution in [0.3, 0.4) is 0 Å². The van der Waals surface area contributed by atoms with E-state index < -0.39 is 11.7 Å². The first-order chi connectivity index (χ1) is 17.7. The first kappa shape index (κ1) is 26.5. The van der Waals surface area contributed by atoms with E-state index in [4.69, 9.17) is 9.47 Å². The van der Waals surface area contributed by atoms with Gasteiger partial charge in [0, 0.05) is 45.0 Å². The summed E-state index contributed by atoms with van der Waals surface area (Å²) < 4.78 is 52.1. The van der Waals surface area contributed by atoms with E-state index in [1.54, 1.807) is 13.3 Å². The van der Waals surface area contributed by atoms with Crippen LogP contribution in [-0.2, 0) is 31.1 Å². The highest BCUT2D eigenvalue weighted by atomic mass is 19.4. The van der Waals surface area contributed by atoms with Gasteiger partial charge < -0.3 is 19.4 Å². The largest absolute Gasteiger partial charge is 0.497 e. The maximum Gasteiger partial charge on any atom is 0.416 e. The Hall–Kier alpha value is -3.53. The molecule has 0 bridgehead atoms. The molecule has 1 aliphatic heterocycles. The monoisotopic (exact) mass is 516 g/mol. The molecule has 1 aromatic heterocycles. The average molecular weight is 517 g/mol. The molecule has 0 radical (unpaired) electrons. The molecule has 1 fully saturated rings. The second-order valence-electron chi connectivity index (χ2n) is 9.35. The second-order valence-corrected chi connectivity index (χ2v) is 9.35. The van der Waals surface area contributed by atoms with Crippen LogP contribution in [0.2, 0.25) is 0 Å². The summed E-state index contributed by atoms with van der Waals surface area (Å²) in [4.78, 5) is 19.7. The zero-order valence-corrected chi connectivity index (χ0v) is 20.9. The lowest BCUT2D eigenvalue weighted by Crippen LogP contribution is -2.47. The molecule has 0 spiro atoms. The molecule has 1 amide bonds. The molecule has 0 unspecified atom stereocenters. The maximum atomic E-state index is 13.1. The summed E-state index contributed by atoms with van der Waals surface area (Å²) in [6.07, 6.45) is -0.264. The third kappa shape index (κ3) is 7.25. The van der Waals surface area contributed by atoms with Crippen molar-refractivity contribution in [1.29, 1.82) is 0 Å². The average Bonchev–Trinajstić information content (AvgIpc) is 3.29. The minimum Gasteiger partial charge on any atom is -0.497 e. The second kappa shape index (κ2) is 11.7. The fraction of sp³-hybridized carbons (Fsp3) is 0.407. The van der Waals surface area contributed by atoms with Gasteiger partial charge in [0.2, 0.25) is 5.91 Å². The van der Waals surface area contributed by atoms with Gasteiger partial charge in [-0.25, -0.2) is 4.98 Å². The van der Waals surface area contributed by atoms with Gasteiger partial charge in [0.1, 0.15) is 17.3 Å². The molecule has 0 saturated carbocycles. The fourth-order valence-corrected chi connectivity index (χ4v) is 4.54. The lowest BCUT2D eigenvalue weighted by Gasteiger charge is -2.37. The van der Waals surface area contributed by atoms with Gasteiger partial charge in [-0.2, -0.15) is 13.2 Å². The summed E-state index contributed by atoms with van der Waals surface area (Å²) >= 11 is 0. The van der Waals surface area contributed by atoms with Gasteiger partial charge in [-0.05, 0) is 42.3 Å². The number of hydrogen-bond acceptors (Lipinski definition) is 5. The Morgan fingerprint density at radius 1 is 1.14 bits per heavy atom. The number of alkyl halides is 3. The molecule has 37 heavy (non-hydrogen) atoms. The van der Waals surface area contributed by atoms with Gasteiger partial charge in [-0.1, -0.05) is 18.2 Å². The number of likely N-dealkylation sites (tertiary alicyclic amines) is 1. The first-order valence-electron chi connectivity index (χ1n) is 12.1. The topological polar surface area (TPSA) is 68.6 Å². The number of carbonyl (C=O) groups excluding carboxylic acids is 1. The minimum atomic E-state index is -4.43. The molecule has 1 aliphatic rings. The van der Waals surface area contributed by atoms with Crippen molar-refractivity contribution in [2.45, 2.75) is 25.7 Å². The van der Waals surface area contributed by atoms with Crippen molar-refractivity contribution >= 4 is 5.91 Å². The van der Waals surface area contributed by atoms with Crippen molar-refractivity contribution < 1.29 is 27.4 Å². The summed E-state index contributed by atoms with van der Waals surface area (Å²) in [6.45, 7) is 2.37. The van der Waals surface area contributed by atoms with E-state index in [0.29, 0.717) is 32.6 Å². The summed E-state index contributed by atoms with van der Waals surface area (Å²) in [5.74, 6) is 1.39. The highest BCUT2D eigenvalue weighted by molar-refractivity contribution is 5.79. The van der Waals surface area contributed by atoms with Crippen molar-refractivity contribution in [3.05, 3.63) is 77.9 Å². The number of imidazole rings is 1. The number of carbonyl (C=O) groups is 1. The van der Waals surface area contributed by atoms with Gasteiger partial charge >= 0.3 is 6.18 Å². The number of aromatic nitrogens is 2. The standard InChI is InChI=1S/C27H31F3N4O3/c1-33-11-10-31-25(33)17-34-15-20(18-37-24-5-3-4-22(13-24)27(28,29)30)12-21(16-34)26(35)32-14-19-6-8-23(36-2)9-7-19/h3-11,13,20-21H,12,14-18H2,1-2H3,(H,32,35)/t20-,21+/m0/s1. The van der Waals surface area contributed by atoms with E-state index >= 15 is 0 Å². The number of nitrogens with one attached hydrogen (secondary N) is 1. The Morgan fingerprint density at radius 2 is 1.92 bits per heavy atom. The molecule has 2 heterocycles. The summed E-state index contributed by atoms with van der Waals surface area (Å²) in [6, 6.07) is 12.4. The number of hydrogen-bond donors (Lipinski definition) is 1. The molecular weight excluding hydrogens is 485 g/mol. The quantitative estimate of drug-likeness (QED) is 0.460. The number of piperidine rings is 1. The number of methoxy groups -OCH3 is 1. The van der Waals surface area contributed by atoms with Crippen LogP contribution >= 0.6 is 0 Å². The van der Waals surface area contributed by atoms with E-state index in [-0.39, 0.29) is 30.1 Å². The molecule has 2 atom stereocenters. The van der Waals surface area contributed by atoms with Crippen LogP contribution in [0.1, 0.15) is 23.4 Å². The Kier molecular flexibility index (Phi) is 8.38. The Bertz CT molecular complexity index is 1180. The predicted molar refractivity (Wildman–Crippen MR) is 132 cm³/mol. The smallest absolute Gasteiger partial charge is 0.416 e. The van der Waals surface area contributed by atoms with E-state index in [1.165, 1.54) is 12.1 Å². The number of rotatable bonds is 9. The van der Waals surface area contributed by atoms with Gasteiger partial charge in [0.05, 0.1) is 31.7 Å². The first-order valence-corrected chi connectivity index (χ1v) is 12.1. The van der Waals surface area contributed by atoms with Crippen LogP contribution in [-0.4, -0.2) is 47.2 Å². The third-order valence-corrected chi connectivity index (χ3v) is 6.54. The van der Waals surface area contributed by atoms with Crippen LogP contribution < -0.4 is 14.8 Å². The zero-order chi connectivity index (χ0) is 26.4. The summed E-state index contributed by atoms with van der Waals surface area (Å²) in [5, 5.41) is 3.02. The third-order valence-electron chi connectivity index (χ3n) is 6.54. The number of aryl methyl sites for hydroxylation is 1. The van der Waals surface area contributed by atoms with E-state index in [1.807, 2.05) is 42.1 Å². The lowest BCUT2D eigenvalue weighted by molar-refractivity contribution is -0.137. The molecular formula is C27H31F3N4O3. The molecule has 1 saturated heterocycles. The molecule has 1 N–H and O–H groups in total. The SMILES string of the molecule is COc1ccc(CNC(=O)[C@@H]2C[C@H](COc3cccc(C(F)(F)F)c3)CN(Cc3nccn3C)C2)cc1. The molecule has 7 nitrogen and oxygen atoms in total. The van der Waals surface area contributed by atoms with Gasteiger partial charge in [-0.3, -0.25) is 9.69 Å². The normalized spacial score (nSPS) is 18.4. The van der Waals surface area contributed by atoms with Crippen molar-refractivity contribution in [1.82, 2.24) is 19.8 Å². The number of nitrogens with zero attached hydrogens (tertiary/aromatic N) is 3. The molecule has 4 rings (SSSR count). The van der Waals surface area contributed by atoms with E-state index in [9.17, 15) is 18.0 Å². The zero-order valence-electron chi connectivity index (χ0n) is 20.9. The fourth-order valence-electron chi connectivity index (χ4n) is 4.54. The van der Waals surface area contributed by atoms with Crippen LogP contribution in [0, 0.1) is 11.8 Å². The number of amides is 1. The molecule has 2 aromatic carbocycles. The van der Waals surface area contributed by atoms with E-state index in [2.05, 4.69) is 15.2 Å². The highest BCUT2D eigenvalue weighted by Gasteiger charge is 2.33. The lowest BCUT2D eigenvalue weighted by atomic mass is 9.88. The summed E-state index contributed by atoms with van der Waals surface area (Å²) in [5.41, 5.74) is 0.208. The number of benzene rings is 2. The molecule has 0 aliphatic carbocycles. The Balaban J connectivity index is 1.41. The highest BCUT2D eigenvalue weighted by Crippen LogP contribution is 2.32. The Morgan fingerprint density at radius 3 is 2.59 bits per heavy atom. The van der Waals surface area contributed by atoms with Crippen molar-refractivity contribution in [2.24, 2.45) is 18.9 Å². The van der Waals surface area contributed by atoms with Crippen molar-refractivity contribution in [2.75, 3.05) is 26.8 Å². The minimum absolute atomic E-state index is 0.0414. The molecule has 10 heteroatoms. The molecule has 198 valence electrons. The van der Waals surface area contributed by atoms with Crippen LogP contribution in [0.25, 0.3) is 0 Å². The van der Waals surface area contributed by atoms with Gasteiger partial charge in [0.25, 0.3) is 0 Å². The predicted octanol–water partition coefficient (Wildman–Crippen LogP) is 4.28.